The van der Waals surface area contributed by atoms with Crippen molar-refractivity contribution in [1.29, 1.82) is 0 Å². The Labute approximate surface area is 162 Å². The number of hydrogen-bond acceptors (Lipinski definition) is 4. The minimum atomic E-state index is 0.176. The molecule has 0 aliphatic rings. The van der Waals surface area contributed by atoms with E-state index in [2.05, 4.69) is 58.6 Å². The number of nitrogens with zero attached hydrogens (tertiary/aromatic N) is 6. The van der Waals surface area contributed by atoms with Crippen LogP contribution in [0, 0.1) is 0 Å². The van der Waals surface area contributed by atoms with Gasteiger partial charge in [-0.1, -0.05) is 67.6 Å². The monoisotopic (exact) mass is 368 g/mol. The second-order valence-corrected chi connectivity index (χ2v) is 6.89. The van der Waals surface area contributed by atoms with E-state index < -0.39 is 0 Å². The van der Waals surface area contributed by atoms with E-state index in [1.165, 1.54) is 11.1 Å². The standard InChI is InChI=1S/C22H20N6/c1-2-18(17-11-7-4-8-12-17)21-25-26-22-19-13-24-28(20(19)23-15-27(21)22)14-16-9-5-3-6-10-16/h3-13,15,18H,2,14H2,1H3. The molecule has 0 amide bonds. The maximum Gasteiger partial charge on any atom is 0.174 e. The van der Waals surface area contributed by atoms with Crippen LogP contribution < -0.4 is 0 Å². The lowest BCUT2D eigenvalue weighted by molar-refractivity contribution is 0.695. The summed E-state index contributed by atoms with van der Waals surface area (Å²) in [7, 11) is 0. The van der Waals surface area contributed by atoms with Gasteiger partial charge in [0.1, 0.15) is 12.2 Å². The Hall–Kier alpha value is -3.54. The van der Waals surface area contributed by atoms with Crippen LogP contribution in [0.15, 0.2) is 73.2 Å². The fourth-order valence-corrected chi connectivity index (χ4v) is 3.75. The summed E-state index contributed by atoms with van der Waals surface area (Å²) in [6.45, 7) is 2.85. The van der Waals surface area contributed by atoms with Gasteiger partial charge in [0.15, 0.2) is 11.3 Å². The van der Waals surface area contributed by atoms with Crippen LogP contribution in [0.5, 0.6) is 0 Å². The summed E-state index contributed by atoms with van der Waals surface area (Å²) in [4.78, 5) is 4.69. The maximum absolute atomic E-state index is 4.69. The van der Waals surface area contributed by atoms with Gasteiger partial charge in [-0.25, -0.2) is 9.67 Å². The van der Waals surface area contributed by atoms with Crippen LogP contribution in [0.4, 0.5) is 0 Å². The molecule has 0 spiro atoms. The van der Waals surface area contributed by atoms with Gasteiger partial charge in [-0.2, -0.15) is 5.10 Å². The Morgan fingerprint density at radius 2 is 1.64 bits per heavy atom. The van der Waals surface area contributed by atoms with Gasteiger partial charge >= 0.3 is 0 Å². The van der Waals surface area contributed by atoms with Crippen LogP contribution in [0.3, 0.4) is 0 Å². The summed E-state index contributed by atoms with van der Waals surface area (Å²) in [5.41, 5.74) is 4.04. The zero-order chi connectivity index (χ0) is 18.9. The van der Waals surface area contributed by atoms with Crippen molar-refractivity contribution in [3.05, 3.63) is 90.1 Å². The molecular weight excluding hydrogens is 348 g/mol. The molecule has 3 heterocycles. The van der Waals surface area contributed by atoms with E-state index in [4.69, 9.17) is 4.98 Å². The topological polar surface area (TPSA) is 60.9 Å². The third-order valence-corrected chi connectivity index (χ3v) is 5.17. The van der Waals surface area contributed by atoms with E-state index in [0.717, 1.165) is 28.9 Å². The smallest absolute Gasteiger partial charge is 0.174 e. The third kappa shape index (κ3) is 2.74. The highest BCUT2D eigenvalue weighted by molar-refractivity contribution is 5.88. The van der Waals surface area contributed by atoms with Gasteiger partial charge in [-0.05, 0) is 17.5 Å². The van der Waals surface area contributed by atoms with Crippen molar-refractivity contribution in [2.75, 3.05) is 0 Å². The predicted octanol–water partition coefficient (Wildman–Crippen LogP) is 4.06. The summed E-state index contributed by atoms with van der Waals surface area (Å²) in [5.74, 6) is 1.09. The number of fused-ring (bicyclic) bond motifs is 3. The molecule has 28 heavy (non-hydrogen) atoms. The van der Waals surface area contributed by atoms with Crippen LogP contribution in [-0.2, 0) is 6.54 Å². The molecule has 6 heteroatoms. The first-order valence-corrected chi connectivity index (χ1v) is 9.49. The van der Waals surface area contributed by atoms with Crippen LogP contribution in [0.25, 0.3) is 16.7 Å². The minimum absolute atomic E-state index is 0.176. The van der Waals surface area contributed by atoms with E-state index in [0.29, 0.717) is 6.54 Å². The quantitative estimate of drug-likeness (QED) is 0.469. The lowest BCUT2D eigenvalue weighted by atomic mass is 9.96. The molecule has 0 bridgehead atoms. The lowest BCUT2D eigenvalue weighted by Crippen LogP contribution is -2.06. The molecule has 0 aliphatic carbocycles. The van der Waals surface area contributed by atoms with Crippen LogP contribution >= 0.6 is 0 Å². The Morgan fingerprint density at radius 1 is 0.893 bits per heavy atom. The molecule has 0 fully saturated rings. The highest BCUT2D eigenvalue weighted by Crippen LogP contribution is 2.28. The van der Waals surface area contributed by atoms with E-state index in [1.54, 1.807) is 0 Å². The second kappa shape index (κ2) is 6.88. The molecule has 0 N–H and O–H groups in total. The SMILES string of the molecule is CCC(c1ccccc1)c1nnc2c3cnn(Cc4ccccc4)c3ncn12. The largest absolute Gasteiger partial charge is 0.268 e. The van der Waals surface area contributed by atoms with Crippen LogP contribution in [0.1, 0.15) is 36.2 Å². The third-order valence-electron chi connectivity index (χ3n) is 5.17. The zero-order valence-electron chi connectivity index (χ0n) is 15.6. The van der Waals surface area contributed by atoms with E-state index in [9.17, 15) is 0 Å². The molecule has 0 aliphatic heterocycles. The first-order chi connectivity index (χ1) is 13.8. The summed E-state index contributed by atoms with van der Waals surface area (Å²) >= 11 is 0. The fraction of sp³-hybridized carbons (Fsp3) is 0.182. The Morgan fingerprint density at radius 3 is 2.39 bits per heavy atom. The molecular formula is C22H20N6. The van der Waals surface area contributed by atoms with Gasteiger partial charge in [0.25, 0.3) is 0 Å². The zero-order valence-corrected chi connectivity index (χ0v) is 15.6. The van der Waals surface area contributed by atoms with E-state index in [-0.39, 0.29) is 5.92 Å². The molecule has 2 aromatic carbocycles. The average molecular weight is 368 g/mol. The van der Waals surface area contributed by atoms with Crippen molar-refractivity contribution in [3.63, 3.8) is 0 Å². The summed E-state index contributed by atoms with van der Waals surface area (Å²) in [6, 6.07) is 20.7. The highest BCUT2D eigenvalue weighted by Gasteiger charge is 2.20. The Balaban J connectivity index is 1.59. The van der Waals surface area contributed by atoms with Gasteiger partial charge < -0.3 is 0 Å². The van der Waals surface area contributed by atoms with Gasteiger partial charge in [0.05, 0.1) is 18.1 Å². The van der Waals surface area contributed by atoms with Crippen molar-refractivity contribution in [2.24, 2.45) is 0 Å². The number of benzene rings is 2. The number of rotatable bonds is 5. The first-order valence-electron chi connectivity index (χ1n) is 9.49. The molecule has 3 aromatic heterocycles. The first kappa shape index (κ1) is 16.6. The van der Waals surface area contributed by atoms with Gasteiger partial charge in [0, 0.05) is 5.92 Å². The molecule has 1 unspecified atom stereocenters. The Kier molecular flexibility index (Phi) is 4.09. The fourth-order valence-electron chi connectivity index (χ4n) is 3.75. The second-order valence-electron chi connectivity index (χ2n) is 6.89. The lowest BCUT2D eigenvalue weighted by Gasteiger charge is -2.13. The number of hydrogen-bond donors (Lipinski definition) is 0. The molecule has 1 atom stereocenters. The molecule has 138 valence electrons. The molecule has 5 aromatic rings. The summed E-state index contributed by atoms with van der Waals surface area (Å²) in [5, 5.41) is 14.5. The van der Waals surface area contributed by atoms with Crippen molar-refractivity contribution in [1.82, 2.24) is 29.4 Å². The van der Waals surface area contributed by atoms with Crippen molar-refractivity contribution >= 4 is 16.7 Å². The minimum Gasteiger partial charge on any atom is -0.268 e. The van der Waals surface area contributed by atoms with Gasteiger partial charge in [0.2, 0.25) is 0 Å². The van der Waals surface area contributed by atoms with Crippen molar-refractivity contribution in [2.45, 2.75) is 25.8 Å². The molecule has 0 saturated heterocycles. The molecule has 5 rings (SSSR count). The maximum atomic E-state index is 4.69. The molecule has 0 radical (unpaired) electrons. The van der Waals surface area contributed by atoms with E-state index >= 15 is 0 Å². The normalized spacial score (nSPS) is 12.6. The number of aromatic nitrogens is 6. The average Bonchev–Trinajstić information content (AvgIpc) is 3.35. The molecule has 0 saturated carbocycles. The van der Waals surface area contributed by atoms with Gasteiger partial charge in [-0.3, -0.25) is 4.40 Å². The molecule has 6 nitrogen and oxygen atoms in total. The summed E-state index contributed by atoms with van der Waals surface area (Å²) in [6.07, 6.45) is 4.60. The van der Waals surface area contributed by atoms with Crippen LogP contribution in [-0.4, -0.2) is 29.4 Å². The van der Waals surface area contributed by atoms with Crippen LogP contribution in [0.2, 0.25) is 0 Å². The Bertz CT molecular complexity index is 1220. The van der Waals surface area contributed by atoms with Gasteiger partial charge in [-0.15, -0.1) is 10.2 Å². The van der Waals surface area contributed by atoms with Crippen molar-refractivity contribution in [3.8, 4) is 0 Å². The summed E-state index contributed by atoms with van der Waals surface area (Å²) < 4.78 is 3.91. The highest BCUT2D eigenvalue weighted by atomic mass is 15.3. The van der Waals surface area contributed by atoms with Crippen molar-refractivity contribution < 1.29 is 0 Å². The predicted molar refractivity (Wildman–Crippen MR) is 108 cm³/mol. The van der Waals surface area contributed by atoms with E-state index in [1.807, 2.05) is 45.9 Å².